The average molecular weight is 528 g/mol. The normalized spacial score (nSPS) is 17.2. The Morgan fingerprint density at radius 2 is 1.62 bits per heavy atom. The van der Waals surface area contributed by atoms with Gasteiger partial charge in [0.2, 0.25) is 0 Å². The summed E-state index contributed by atoms with van der Waals surface area (Å²) in [6, 6.07) is 18.8. The topological polar surface area (TPSA) is 87.1 Å². The molecule has 3 aromatic carbocycles. The van der Waals surface area contributed by atoms with E-state index in [2.05, 4.69) is 34.6 Å². The van der Waals surface area contributed by atoms with Crippen LogP contribution in [0, 0.1) is 12.8 Å². The zero-order valence-electron chi connectivity index (χ0n) is 23.5. The number of aliphatic hydroxyl groups excluding tert-OH is 1. The van der Waals surface area contributed by atoms with E-state index in [0.717, 1.165) is 22.4 Å². The van der Waals surface area contributed by atoms with Crippen LogP contribution in [-0.2, 0) is 21.5 Å². The van der Waals surface area contributed by atoms with Gasteiger partial charge in [-0.2, -0.15) is 0 Å². The second kappa shape index (κ2) is 11.0. The van der Waals surface area contributed by atoms with Crippen molar-refractivity contribution in [2.24, 2.45) is 5.92 Å². The number of rotatable bonds is 7. The Hall–Kier alpha value is -4.06. The molecule has 6 heteroatoms. The van der Waals surface area contributed by atoms with Crippen LogP contribution >= 0.6 is 0 Å². The van der Waals surface area contributed by atoms with Gasteiger partial charge in [-0.25, -0.2) is 0 Å². The number of hydrogen-bond acceptors (Lipinski definition) is 5. The maximum atomic E-state index is 13.5. The van der Waals surface area contributed by atoms with Gasteiger partial charge in [0.25, 0.3) is 11.7 Å². The van der Waals surface area contributed by atoms with Crippen LogP contribution in [0.1, 0.15) is 68.5 Å². The number of carbonyl (C=O) groups is 2. The molecule has 0 saturated carbocycles. The van der Waals surface area contributed by atoms with Crippen molar-refractivity contribution in [2.45, 2.75) is 59.5 Å². The van der Waals surface area contributed by atoms with Crippen LogP contribution in [0.5, 0.6) is 11.5 Å². The van der Waals surface area contributed by atoms with Gasteiger partial charge in [-0.3, -0.25) is 9.59 Å². The molecule has 1 saturated heterocycles. The lowest BCUT2D eigenvalue weighted by atomic mass is 9.84. The van der Waals surface area contributed by atoms with E-state index in [0.29, 0.717) is 23.7 Å². The van der Waals surface area contributed by atoms with Crippen molar-refractivity contribution in [1.29, 1.82) is 0 Å². The number of benzene rings is 3. The van der Waals surface area contributed by atoms with E-state index in [4.69, 9.17) is 4.74 Å². The fourth-order valence-electron chi connectivity index (χ4n) is 4.69. The lowest BCUT2D eigenvalue weighted by Crippen LogP contribution is -2.29. The fraction of sp³-hybridized carbons (Fsp3) is 0.333. The van der Waals surface area contributed by atoms with Crippen LogP contribution in [0.3, 0.4) is 0 Å². The molecule has 1 atom stereocenters. The predicted octanol–water partition coefficient (Wildman–Crippen LogP) is 6.65. The first-order valence-corrected chi connectivity index (χ1v) is 13.3. The van der Waals surface area contributed by atoms with Crippen LogP contribution in [0.4, 0.5) is 0 Å². The third-order valence-corrected chi connectivity index (χ3v) is 6.97. The summed E-state index contributed by atoms with van der Waals surface area (Å²) in [4.78, 5) is 28.4. The molecule has 0 spiro atoms. The second-order valence-corrected chi connectivity index (χ2v) is 11.6. The lowest BCUT2D eigenvalue weighted by molar-refractivity contribution is -0.140. The van der Waals surface area contributed by atoms with Gasteiger partial charge in [0.15, 0.2) is 0 Å². The molecule has 4 rings (SSSR count). The van der Waals surface area contributed by atoms with Crippen LogP contribution in [0.2, 0.25) is 0 Å². The first-order chi connectivity index (χ1) is 18.4. The molecule has 3 aromatic rings. The number of phenolic OH excluding ortho intramolecular Hbond substituents is 1. The molecule has 2 N–H and O–H groups in total. The van der Waals surface area contributed by atoms with Crippen molar-refractivity contribution >= 4 is 17.4 Å². The van der Waals surface area contributed by atoms with Gasteiger partial charge in [-0.15, -0.1) is 0 Å². The molecule has 39 heavy (non-hydrogen) atoms. The standard InChI is InChI=1S/C33H37NO5/c1-20(2)19-39-26-15-8-22(9-16-26)18-34-29(23-10-13-25(35)14-11-23)28(31(37)32(34)38)30(36)27-17-24(33(4,5)6)12-7-21(27)3/h7-17,20,29,35-36H,18-19H2,1-6H3/b30-28+. The van der Waals surface area contributed by atoms with Crippen LogP contribution in [0.25, 0.3) is 5.76 Å². The molecule has 0 aromatic heterocycles. The van der Waals surface area contributed by atoms with Gasteiger partial charge in [-0.1, -0.05) is 71.0 Å². The van der Waals surface area contributed by atoms with E-state index >= 15 is 0 Å². The lowest BCUT2D eigenvalue weighted by Gasteiger charge is -2.26. The summed E-state index contributed by atoms with van der Waals surface area (Å²) in [5, 5.41) is 21.5. The van der Waals surface area contributed by atoms with Gasteiger partial charge >= 0.3 is 0 Å². The zero-order valence-corrected chi connectivity index (χ0v) is 23.5. The van der Waals surface area contributed by atoms with E-state index in [1.54, 1.807) is 12.1 Å². The van der Waals surface area contributed by atoms with E-state index < -0.39 is 17.7 Å². The number of phenols is 1. The third-order valence-electron chi connectivity index (χ3n) is 6.97. The summed E-state index contributed by atoms with van der Waals surface area (Å²) >= 11 is 0. The van der Waals surface area contributed by atoms with Crippen LogP contribution in [-0.4, -0.2) is 33.4 Å². The number of aliphatic hydroxyl groups is 1. The minimum absolute atomic E-state index is 0.0386. The van der Waals surface area contributed by atoms with E-state index in [1.165, 1.54) is 17.0 Å². The molecule has 1 aliphatic heterocycles. The summed E-state index contributed by atoms with van der Waals surface area (Å²) in [5.41, 5.74) is 3.64. The monoisotopic (exact) mass is 527 g/mol. The zero-order chi connectivity index (χ0) is 28.5. The van der Waals surface area contributed by atoms with Gasteiger partial charge < -0.3 is 19.8 Å². The number of nitrogens with zero attached hydrogens (tertiary/aromatic N) is 1. The Morgan fingerprint density at radius 3 is 2.21 bits per heavy atom. The number of ketones is 1. The van der Waals surface area contributed by atoms with Gasteiger partial charge in [-0.05, 0) is 70.8 Å². The molecule has 1 heterocycles. The highest BCUT2D eigenvalue weighted by atomic mass is 16.5. The summed E-state index contributed by atoms with van der Waals surface area (Å²) in [7, 11) is 0. The number of aromatic hydroxyl groups is 1. The van der Waals surface area contributed by atoms with E-state index in [9.17, 15) is 19.8 Å². The van der Waals surface area contributed by atoms with Crippen molar-refractivity contribution in [3.63, 3.8) is 0 Å². The molecule has 204 valence electrons. The Labute approximate surface area is 230 Å². The van der Waals surface area contributed by atoms with Crippen molar-refractivity contribution in [3.05, 3.63) is 100 Å². The summed E-state index contributed by atoms with van der Waals surface area (Å²) in [6.07, 6.45) is 0. The smallest absolute Gasteiger partial charge is 0.295 e. The number of hydrogen-bond donors (Lipinski definition) is 2. The molecule has 1 aliphatic rings. The Morgan fingerprint density at radius 1 is 0.974 bits per heavy atom. The average Bonchev–Trinajstić information content (AvgIpc) is 3.13. The molecule has 0 radical (unpaired) electrons. The van der Waals surface area contributed by atoms with Gasteiger partial charge in [0.1, 0.15) is 17.3 Å². The highest BCUT2D eigenvalue weighted by Crippen LogP contribution is 2.41. The number of likely N-dealkylation sites (tertiary alicyclic amines) is 1. The summed E-state index contributed by atoms with van der Waals surface area (Å²) in [5.74, 6) is -0.410. The largest absolute Gasteiger partial charge is 0.508 e. The van der Waals surface area contributed by atoms with E-state index in [-0.39, 0.29) is 29.0 Å². The molecular weight excluding hydrogens is 490 g/mol. The number of ether oxygens (including phenoxy) is 1. The van der Waals surface area contributed by atoms with Crippen molar-refractivity contribution in [2.75, 3.05) is 6.61 Å². The number of aryl methyl sites for hydroxylation is 1. The van der Waals surface area contributed by atoms with Crippen LogP contribution < -0.4 is 4.74 Å². The van der Waals surface area contributed by atoms with Crippen molar-refractivity contribution < 1.29 is 24.5 Å². The quantitative estimate of drug-likeness (QED) is 0.204. The van der Waals surface area contributed by atoms with E-state index in [1.807, 2.05) is 49.4 Å². The third kappa shape index (κ3) is 6.00. The first kappa shape index (κ1) is 28.0. The van der Waals surface area contributed by atoms with Gasteiger partial charge in [0.05, 0.1) is 18.2 Å². The Balaban J connectivity index is 1.79. The molecule has 1 amide bonds. The molecule has 6 nitrogen and oxygen atoms in total. The molecule has 1 unspecified atom stereocenters. The maximum Gasteiger partial charge on any atom is 0.295 e. The fourth-order valence-corrected chi connectivity index (χ4v) is 4.69. The van der Waals surface area contributed by atoms with Crippen LogP contribution in [0.15, 0.2) is 72.3 Å². The van der Waals surface area contributed by atoms with Crippen molar-refractivity contribution in [3.8, 4) is 11.5 Å². The maximum absolute atomic E-state index is 13.5. The Kier molecular flexibility index (Phi) is 7.86. The molecule has 0 bridgehead atoms. The molecule has 0 aliphatic carbocycles. The highest BCUT2D eigenvalue weighted by molar-refractivity contribution is 6.46. The number of Topliss-reactive ketones (excluding diaryl/α,β-unsaturated/α-hetero) is 1. The number of carbonyl (C=O) groups excluding carboxylic acids is 2. The van der Waals surface area contributed by atoms with Crippen molar-refractivity contribution in [1.82, 2.24) is 4.90 Å². The minimum atomic E-state index is -0.819. The summed E-state index contributed by atoms with van der Waals surface area (Å²) < 4.78 is 5.78. The SMILES string of the molecule is Cc1ccc(C(C)(C)C)cc1/C(O)=C1\C(=O)C(=O)N(Cc2ccc(OCC(C)C)cc2)C1c1ccc(O)cc1. The molecular formula is C33H37NO5. The van der Waals surface area contributed by atoms with Gasteiger partial charge in [0, 0.05) is 12.1 Å². The summed E-state index contributed by atoms with van der Waals surface area (Å²) in [6.45, 7) is 13.0. The Bertz CT molecular complexity index is 1400. The highest BCUT2D eigenvalue weighted by Gasteiger charge is 2.46. The second-order valence-electron chi connectivity index (χ2n) is 11.6. The molecule has 1 fully saturated rings. The first-order valence-electron chi connectivity index (χ1n) is 13.3. The minimum Gasteiger partial charge on any atom is -0.508 e. The predicted molar refractivity (Wildman–Crippen MR) is 153 cm³/mol. The number of amides is 1.